The molecule has 2 aromatic carbocycles. The van der Waals surface area contributed by atoms with Crippen LogP contribution in [-0.4, -0.2) is 19.8 Å². The van der Waals surface area contributed by atoms with Crippen molar-refractivity contribution in [2.75, 3.05) is 0 Å². The van der Waals surface area contributed by atoms with E-state index in [1.165, 1.54) is 22.3 Å². The molecule has 0 amide bonds. The van der Waals surface area contributed by atoms with Crippen LogP contribution in [0.15, 0.2) is 42.5 Å². The maximum Gasteiger partial charge on any atom is 0.220 e. The molecule has 0 bridgehead atoms. The third-order valence-electron chi connectivity index (χ3n) is 5.03. The van der Waals surface area contributed by atoms with Crippen LogP contribution in [0.1, 0.15) is 81.7 Å². The Labute approximate surface area is 173 Å². The molecule has 28 heavy (non-hydrogen) atoms. The summed E-state index contributed by atoms with van der Waals surface area (Å²) in [5.41, 5.74) is 6.28. The SMILES string of the molecule is CC(C)c1cc(Cc2ccccc2)cc(C(C)C)c1-n1nnn(C(C)C)c1=S. The first-order chi connectivity index (χ1) is 13.3. The quantitative estimate of drug-likeness (QED) is 0.466. The van der Waals surface area contributed by atoms with E-state index < -0.39 is 0 Å². The molecular formula is C23H30N4S. The van der Waals surface area contributed by atoms with Gasteiger partial charge in [0.1, 0.15) is 0 Å². The molecule has 4 nitrogen and oxygen atoms in total. The van der Waals surface area contributed by atoms with E-state index in [0.717, 1.165) is 12.1 Å². The van der Waals surface area contributed by atoms with Gasteiger partial charge < -0.3 is 0 Å². The van der Waals surface area contributed by atoms with Gasteiger partial charge in [-0.1, -0.05) is 70.2 Å². The number of hydrogen-bond acceptors (Lipinski definition) is 3. The highest BCUT2D eigenvalue weighted by atomic mass is 32.1. The van der Waals surface area contributed by atoms with Crippen molar-refractivity contribution in [3.05, 3.63) is 69.5 Å². The molecule has 1 heterocycles. The van der Waals surface area contributed by atoms with Crippen molar-refractivity contribution in [3.63, 3.8) is 0 Å². The largest absolute Gasteiger partial charge is 0.220 e. The fraction of sp³-hybridized carbons (Fsp3) is 0.435. The van der Waals surface area contributed by atoms with E-state index in [1.807, 2.05) is 4.68 Å². The normalized spacial score (nSPS) is 11.8. The summed E-state index contributed by atoms with van der Waals surface area (Å²) >= 11 is 5.71. The van der Waals surface area contributed by atoms with Crippen LogP contribution < -0.4 is 0 Å². The molecule has 0 aliphatic carbocycles. The van der Waals surface area contributed by atoms with Crippen molar-refractivity contribution < 1.29 is 0 Å². The van der Waals surface area contributed by atoms with Gasteiger partial charge in [-0.15, -0.1) is 0 Å². The summed E-state index contributed by atoms with van der Waals surface area (Å²) in [7, 11) is 0. The number of hydrogen-bond donors (Lipinski definition) is 0. The van der Waals surface area contributed by atoms with Crippen LogP contribution in [0, 0.1) is 4.77 Å². The lowest BCUT2D eigenvalue weighted by atomic mass is 9.88. The summed E-state index contributed by atoms with van der Waals surface area (Å²) in [4.78, 5) is 0. The second-order valence-electron chi connectivity index (χ2n) is 8.31. The van der Waals surface area contributed by atoms with Gasteiger partial charge >= 0.3 is 0 Å². The van der Waals surface area contributed by atoms with Gasteiger partial charge in [0, 0.05) is 0 Å². The van der Waals surface area contributed by atoms with E-state index in [0.29, 0.717) is 16.6 Å². The van der Waals surface area contributed by atoms with Crippen molar-refractivity contribution in [2.24, 2.45) is 0 Å². The molecule has 0 saturated carbocycles. The minimum absolute atomic E-state index is 0.184. The summed E-state index contributed by atoms with van der Waals surface area (Å²) < 4.78 is 4.31. The molecule has 1 aromatic heterocycles. The Hall–Kier alpha value is -2.27. The van der Waals surface area contributed by atoms with E-state index in [1.54, 1.807) is 4.68 Å². The third kappa shape index (κ3) is 4.09. The Morgan fingerprint density at radius 3 is 1.86 bits per heavy atom. The van der Waals surface area contributed by atoms with Crippen LogP contribution in [0.5, 0.6) is 0 Å². The summed E-state index contributed by atoms with van der Waals surface area (Å²) in [6.07, 6.45) is 0.921. The highest BCUT2D eigenvalue weighted by molar-refractivity contribution is 7.71. The standard InChI is InChI=1S/C23H30N4S/c1-15(2)20-13-19(12-18-10-8-7-9-11-18)14-21(16(3)4)22(20)27-23(28)26(17(5)6)24-25-27/h7-11,13-17H,12H2,1-6H3. The number of aromatic nitrogens is 4. The fourth-order valence-corrected chi connectivity index (χ4v) is 3.90. The average Bonchev–Trinajstić information content (AvgIpc) is 3.03. The molecular weight excluding hydrogens is 364 g/mol. The average molecular weight is 395 g/mol. The Morgan fingerprint density at radius 1 is 0.821 bits per heavy atom. The van der Waals surface area contributed by atoms with Crippen LogP contribution in [-0.2, 0) is 6.42 Å². The Kier molecular flexibility index (Phi) is 6.14. The lowest BCUT2D eigenvalue weighted by Crippen LogP contribution is -2.11. The molecule has 3 rings (SSSR count). The number of benzene rings is 2. The summed E-state index contributed by atoms with van der Waals surface area (Å²) in [5, 5.41) is 8.74. The van der Waals surface area contributed by atoms with E-state index in [9.17, 15) is 0 Å². The third-order valence-corrected chi connectivity index (χ3v) is 5.39. The van der Waals surface area contributed by atoms with Gasteiger partial charge in [0.2, 0.25) is 4.77 Å². The Bertz CT molecular complexity index is 968. The zero-order valence-corrected chi connectivity index (χ0v) is 18.5. The van der Waals surface area contributed by atoms with Crippen molar-refractivity contribution in [3.8, 4) is 5.69 Å². The molecule has 148 valence electrons. The van der Waals surface area contributed by atoms with Gasteiger partial charge in [-0.25, -0.2) is 4.68 Å². The van der Waals surface area contributed by atoms with Crippen LogP contribution in [0.3, 0.4) is 0 Å². The topological polar surface area (TPSA) is 35.6 Å². The first-order valence-corrected chi connectivity index (χ1v) is 10.5. The smallest absolute Gasteiger partial charge is 0.216 e. The van der Waals surface area contributed by atoms with Gasteiger partial charge in [0.05, 0.1) is 11.7 Å². The first kappa shape index (κ1) is 20.5. The molecule has 3 aromatic rings. The molecule has 0 unspecified atom stereocenters. The predicted octanol–water partition coefficient (Wildman–Crippen LogP) is 6.22. The number of nitrogens with zero attached hydrogens (tertiary/aromatic N) is 4. The van der Waals surface area contributed by atoms with Crippen molar-refractivity contribution in [2.45, 2.75) is 65.8 Å². The van der Waals surface area contributed by atoms with Gasteiger partial charge in [0.15, 0.2) is 0 Å². The molecule has 5 heteroatoms. The molecule has 0 atom stereocenters. The van der Waals surface area contributed by atoms with Crippen molar-refractivity contribution in [1.29, 1.82) is 0 Å². The molecule has 0 N–H and O–H groups in total. The van der Waals surface area contributed by atoms with E-state index in [-0.39, 0.29) is 6.04 Å². The van der Waals surface area contributed by atoms with Crippen LogP contribution in [0.4, 0.5) is 0 Å². The number of tetrazole rings is 1. The zero-order valence-electron chi connectivity index (χ0n) is 17.7. The second-order valence-corrected chi connectivity index (χ2v) is 8.67. The van der Waals surface area contributed by atoms with E-state index in [2.05, 4.69) is 94.4 Å². The second kappa shape index (κ2) is 8.39. The van der Waals surface area contributed by atoms with Gasteiger partial charge in [-0.05, 0) is 77.0 Å². The lowest BCUT2D eigenvalue weighted by molar-refractivity contribution is 0.508. The molecule has 0 saturated heterocycles. The van der Waals surface area contributed by atoms with Gasteiger partial charge in [-0.3, -0.25) is 0 Å². The molecule has 0 radical (unpaired) electrons. The molecule has 0 aliphatic heterocycles. The van der Waals surface area contributed by atoms with E-state index in [4.69, 9.17) is 12.2 Å². The van der Waals surface area contributed by atoms with Crippen molar-refractivity contribution in [1.82, 2.24) is 19.8 Å². The zero-order chi connectivity index (χ0) is 20.4. The van der Waals surface area contributed by atoms with Gasteiger partial charge in [-0.2, -0.15) is 4.68 Å². The maximum absolute atomic E-state index is 5.71. The van der Waals surface area contributed by atoms with Crippen LogP contribution >= 0.6 is 12.2 Å². The molecule has 0 fully saturated rings. The summed E-state index contributed by atoms with van der Waals surface area (Å²) in [5.74, 6) is 0.712. The molecule has 0 spiro atoms. The minimum Gasteiger partial charge on any atom is -0.216 e. The minimum atomic E-state index is 0.184. The highest BCUT2D eigenvalue weighted by Gasteiger charge is 2.20. The Morgan fingerprint density at radius 2 is 1.39 bits per heavy atom. The van der Waals surface area contributed by atoms with E-state index >= 15 is 0 Å². The number of rotatable bonds is 6. The Balaban J connectivity index is 2.20. The monoisotopic (exact) mass is 394 g/mol. The molecule has 0 aliphatic rings. The lowest BCUT2D eigenvalue weighted by Gasteiger charge is -2.21. The first-order valence-electron chi connectivity index (χ1n) is 10.0. The fourth-order valence-electron chi connectivity index (χ4n) is 3.52. The van der Waals surface area contributed by atoms with Gasteiger partial charge in [0.25, 0.3) is 0 Å². The highest BCUT2D eigenvalue weighted by Crippen LogP contribution is 2.33. The predicted molar refractivity (Wildman–Crippen MR) is 118 cm³/mol. The van der Waals surface area contributed by atoms with Crippen molar-refractivity contribution >= 4 is 12.2 Å². The van der Waals surface area contributed by atoms with Crippen LogP contribution in [0.25, 0.3) is 5.69 Å². The van der Waals surface area contributed by atoms with Crippen LogP contribution in [0.2, 0.25) is 0 Å². The summed E-state index contributed by atoms with van der Waals surface area (Å²) in [6, 6.07) is 15.4. The maximum atomic E-state index is 5.71. The summed E-state index contributed by atoms with van der Waals surface area (Å²) in [6.45, 7) is 13.1.